The Kier molecular flexibility index (Phi) is 6.70. The van der Waals surface area contributed by atoms with Crippen LogP contribution in [0.5, 0.6) is 0 Å². The average Bonchev–Trinajstić information content (AvgIpc) is 1.59. The van der Waals surface area contributed by atoms with Crippen LogP contribution in [0, 0.1) is 0 Å². The summed E-state index contributed by atoms with van der Waals surface area (Å²) >= 11 is 0. The van der Waals surface area contributed by atoms with Crippen molar-refractivity contribution < 1.29 is 19.8 Å². The van der Waals surface area contributed by atoms with Crippen molar-refractivity contribution in [2.75, 3.05) is 41.4 Å². The van der Waals surface area contributed by atoms with Gasteiger partial charge >= 0.3 is 0 Å². The Balaban J connectivity index is 0. The molecule has 0 aromatic heterocycles. The molecule has 70 valence electrons. The molecule has 0 aliphatic carbocycles. The number of methoxy groups -OCH3 is 1. The molecule has 0 fully saturated rings. The normalized spacial score (nSPS) is 13.9. The maximum atomic E-state index is 9.24. The highest BCUT2D eigenvalue weighted by molar-refractivity contribution is 4.49. The van der Waals surface area contributed by atoms with Gasteiger partial charge in [-0.2, -0.15) is 0 Å². The van der Waals surface area contributed by atoms with E-state index in [-0.39, 0.29) is 11.6 Å². The Labute approximate surface area is 68.3 Å². The lowest BCUT2D eigenvalue weighted by Gasteiger charge is -2.26. The molecule has 0 saturated carbocycles. The number of hydrogen-bond acceptors (Lipinski definition) is 3. The van der Waals surface area contributed by atoms with Crippen molar-refractivity contribution in [2.24, 2.45) is 0 Å². The third-order valence-electron chi connectivity index (χ3n) is 1.12. The molecule has 4 nitrogen and oxygen atoms in total. The molecule has 0 bridgehead atoms. The fourth-order valence-electron chi connectivity index (χ4n) is 0.877. The van der Waals surface area contributed by atoms with Gasteiger partial charge in [-0.3, -0.25) is 0 Å². The number of likely N-dealkylation sites (N-methyl/N-ethyl adjacent to an activating group) is 1. The van der Waals surface area contributed by atoms with Gasteiger partial charge in [0.15, 0.2) is 0 Å². The van der Waals surface area contributed by atoms with Crippen molar-refractivity contribution >= 4 is 0 Å². The van der Waals surface area contributed by atoms with Gasteiger partial charge in [0.2, 0.25) is 0 Å². The Hall–Kier alpha value is -0.160. The smallest absolute Gasteiger partial charge is 0.126 e. The van der Waals surface area contributed by atoms with Crippen LogP contribution in [0.4, 0.5) is 0 Å². The Morgan fingerprint density at radius 3 is 2.09 bits per heavy atom. The van der Waals surface area contributed by atoms with Crippen molar-refractivity contribution in [1.29, 1.82) is 0 Å². The summed E-state index contributed by atoms with van der Waals surface area (Å²) in [6.45, 7) is 1.16. The van der Waals surface area contributed by atoms with Crippen molar-refractivity contribution in [3.8, 4) is 0 Å². The summed E-state index contributed by atoms with van der Waals surface area (Å²) in [5.74, 6) is 0. The molecule has 0 spiro atoms. The number of aliphatic hydroxyl groups excluding tert-OH is 1. The number of nitrogens with zero attached hydrogens (tertiary/aromatic N) is 1. The maximum Gasteiger partial charge on any atom is 0.126 e. The lowest BCUT2D eigenvalue weighted by Crippen LogP contribution is -2.42. The quantitative estimate of drug-likeness (QED) is 0.572. The minimum atomic E-state index is -0.343. The predicted octanol–water partition coefficient (Wildman–Crippen LogP) is -0.477. The first kappa shape index (κ1) is 13.4. The van der Waals surface area contributed by atoms with Gasteiger partial charge in [0.05, 0.1) is 27.7 Å². The molecule has 0 amide bonds. The molecule has 0 aromatic carbocycles. The van der Waals surface area contributed by atoms with E-state index in [1.807, 2.05) is 21.1 Å². The number of rotatable bonds is 4. The highest BCUT2D eigenvalue weighted by Gasteiger charge is 2.14. The molecule has 0 saturated heterocycles. The van der Waals surface area contributed by atoms with Crippen LogP contribution in [-0.2, 0) is 4.74 Å². The maximum absolute atomic E-state index is 9.24. The lowest BCUT2D eigenvalue weighted by atomic mass is 10.3. The highest BCUT2D eigenvalue weighted by Crippen LogP contribution is 1.94. The summed E-state index contributed by atoms with van der Waals surface area (Å²) in [4.78, 5) is 0. The van der Waals surface area contributed by atoms with Crippen LogP contribution in [0.15, 0.2) is 0 Å². The lowest BCUT2D eigenvalue weighted by molar-refractivity contribution is -0.873. The van der Waals surface area contributed by atoms with Gasteiger partial charge in [-0.1, -0.05) is 0 Å². The Morgan fingerprint density at radius 2 is 1.82 bits per heavy atom. The molecule has 1 unspecified atom stereocenters. The fraction of sp³-hybridized carbons (Fsp3) is 1.00. The van der Waals surface area contributed by atoms with Crippen LogP contribution in [-0.4, -0.2) is 62.6 Å². The first-order chi connectivity index (χ1) is 4.45. The van der Waals surface area contributed by atoms with Gasteiger partial charge in [0, 0.05) is 7.11 Å². The number of hydrogen-bond donors (Lipinski definition) is 1. The molecule has 0 aliphatic heterocycles. The van der Waals surface area contributed by atoms with Crippen LogP contribution in [0.2, 0.25) is 0 Å². The van der Waals surface area contributed by atoms with Gasteiger partial charge in [0.25, 0.3) is 0 Å². The van der Waals surface area contributed by atoms with E-state index in [1.165, 1.54) is 0 Å². The third kappa shape index (κ3) is 9.84. The topological polar surface area (TPSA) is 59.5 Å². The molecular formula is C7H19NO3. The van der Waals surface area contributed by atoms with Gasteiger partial charge < -0.3 is 19.8 Å². The van der Waals surface area contributed by atoms with Crippen LogP contribution in [0.25, 0.3) is 0 Å². The second-order valence-electron chi connectivity index (χ2n) is 3.58. The molecule has 0 rings (SSSR count). The van der Waals surface area contributed by atoms with Crippen molar-refractivity contribution in [1.82, 2.24) is 0 Å². The standard InChI is InChI=1S/C7H18NO2.H2O/c1-8(2,3)5-7(9)6-10-4;/h7,9H,5-6H2,1-4H3;1H2/q+1;/p-1. The zero-order valence-corrected chi connectivity index (χ0v) is 7.74. The molecule has 2 N–H and O–H groups in total. The van der Waals surface area contributed by atoms with Gasteiger partial charge in [-0.25, -0.2) is 0 Å². The summed E-state index contributed by atoms with van der Waals surface area (Å²) in [6, 6.07) is 0. The second-order valence-corrected chi connectivity index (χ2v) is 3.58. The van der Waals surface area contributed by atoms with E-state index in [4.69, 9.17) is 4.74 Å². The van der Waals surface area contributed by atoms with Gasteiger partial charge in [-0.05, 0) is 0 Å². The minimum absolute atomic E-state index is 0. The van der Waals surface area contributed by atoms with E-state index >= 15 is 0 Å². The molecule has 0 aromatic rings. The second kappa shape index (κ2) is 5.49. The summed E-state index contributed by atoms with van der Waals surface area (Å²) < 4.78 is 5.56. The molecule has 0 aliphatic rings. The summed E-state index contributed by atoms with van der Waals surface area (Å²) in [5.41, 5.74) is 0. The molecule has 11 heavy (non-hydrogen) atoms. The first-order valence-corrected chi connectivity index (χ1v) is 3.43. The SMILES string of the molecule is COCC(O)C[N+](C)(C)C.[OH-]. The molecular weight excluding hydrogens is 146 g/mol. The largest absolute Gasteiger partial charge is 0.870 e. The van der Waals surface area contributed by atoms with Crippen LogP contribution >= 0.6 is 0 Å². The summed E-state index contributed by atoms with van der Waals surface area (Å²) in [6.07, 6.45) is -0.343. The average molecular weight is 165 g/mol. The van der Waals surface area contributed by atoms with Gasteiger partial charge in [-0.15, -0.1) is 0 Å². The van der Waals surface area contributed by atoms with Gasteiger partial charge in [0.1, 0.15) is 12.6 Å². The van der Waals surface area contributed by atoms with E-state index < -0.39 is 0 Å². The van der Waals surface area contributed by atoms with E-state index in [9.17, 15) is 5.11 Å². The number of quaternary nitrogens is 1. The first-order valence-electron chi connectivity index (χ1n) is 3.43. The molecule has 1 atom stereocenters. The van der Waals surface area contributed by atoms with E-state index in [1.54, 1.807) is 7.11 Å². The molecule has 0 heterocycles. The highest BCUT2D eigenvalue weighted by atomic mass is 16.5. The minimum Gasteiger partial charge on any atom is -0.870 e. The van der Waals surface area contributed by atoms with Crippen LogP contribution < -0.4 is 0 Å². The van der Waals surface area contributed by atoms with E-state index in [0.717, 1.165) is 11.0 Å². The van der Waals surface area contributed by atoms with E-state index in [0.29, 0.717) is 6.61 Å². The molecule has 4 heteroatoms. The van der Waals surface area contributed by atoms with Crippen LogP contribution in [0.3, 0.4) is 0 Å². The van der Waals surface area contributed by atoms with Crippen molar-refractivity contribution in [3.05, 3.63) is 0 Å². The fourth-order valence-corrected chi connectivity index (χ4v) is 0.877. The van der Waals surface area contributed by atoms with E-state index in [2.05, 4.69) is 0 Å². The number of ether oxygens (including phenoxy) is 1. The predicted molar refractivity (Wildman–Crippen MR) is 42.7 cm³/mol. The Bertz CT molecular complexity index is 90.2. The third-order valence-corrected chi connectivity index (χ3v) is 1.12. The van der Waals surface area contributed by atoms with Crippen molar-refractivity contribution in [2.45, 2.75) is 6.10 Å². The van der Waals surface area contributed by atoms with Crippen molar-refractivity contribution in [3.63, 3.8) is 0 Å². The zero-order chi connectivity index (χ0) is 8.20. The van der Waals surface area contributed by atoms with Crippen LogP contribution in [0.1, 0.15) is 0 Å². The molecule has 0 radical (unpaired) electrons. The zero-order valence-electron chi connectivity index (χ0n) is 7.74. The monoisotopic (exact) mass is 165 g/mol. The summed E-state index contributed by atoms with van der Waals surface area (Å²) in [5, 5.41) is 9.24. The number of aliphatic hydroxyl groups is 1. The Morgan fingerprint density at radius 1 is 1.36 bits per heavy atom. The summed E-state index contributed by atoms with van der Waals surface area (Å²) in [7, 11) is 7.72.